The van der Waals surface area contributed by atoms with E-state index in [0.29, 0.717) is 5.69 Å². The Morgan fingerprint density at radius 1 is 1.74 bits per heavy atom. The highest BCUT2D eigenvalue weighted by molar-refractivity contribution is 5.18. The highest BCUT2D eigenvalue weighted by atomic mass is 19.1. The summed E-state index contributed by atoms with van der Waals surface area (Å²) in [5.74, 6) is 2.04. The van der Waals surface area contributed by atoms with E-state index in [4.69, 9.17) is 11.2 Å². The van der Waals surface area contributed by atoms with Gasteiger partial charge in [0.15, 0.2) is 18.0 Å². The quantitative estimate of drug-likeness (QED) is 0.682. The molecule has 19 heavy (non-hydrogen) atoms. The van der Waals surface area contributed by atoms with Crippen LogP contribution in [0.25, 0.3) is 0 Å². The second kappa shape index (κ2) is 4.74. The van der Waals surface area contributed by atoms with Crippen LogP contribution in [0.15, 0.2) is 17.1 Å². The van der Waals surface area contributed by atoms with Crippen LogP contribution in [-0.2, 0) is 4.74 Å². The minimum absolute atomic E-state index is 0.473. The lowest BCUT2D eigenvalue weighted by Gasteiger charge is -2.23. The molecule has 0 bridgehead atoms. The number of rotatable bonds is 2. The van der Waals surface area contributed by atoms with E-state index in [-0.39, 0.29) is 0 Å². The normalized spacial score (nSPS) is 34.2. The molecule has 1 aliphatic heterocycles. The van der Waals surface area contributed by atoms with E-state index < -0.39 is 36.4 Å². The van der Waals surface area contributed by atoms with Crippen molar-refractivity contribution in [3.05, 3.63) is 28.4 Å². The minimum atomic E-state index is -1.94. The summed E-state index contributed by atoms with van der Waals surface area (Å²) in [6, 6.07) is 1.50. The van der Waals surface area contributed by atoms with Crippen LogP contribution in [-0.4, -0.2) is 44.2 Å². The Morgan fingerprint density at radius 2 is 2.42 bits per heavy atom. The van der Waals surface area contributed by atoms with E-state index in [9.17, 15) is 19.4 Å². The number of nitrogens with zero attached hydrogens (tertiary/aromatic N) is 2. The highest BCUT2D eigenvalue weighted by Crippen LogP contribution is 2.37. The zero-order chi connectivity index (χ0) is 14.2. The van der Waals surface area contributed by atoms with E-state index in [1.807, 2.05) is 5.92 Å². The van der Waals surface area contributed by atoms with Gasteiger partial charge in [0.05, 0.1) is 6.61 Å². The van der Waals surface area contributed by atoms with Crippen molar-refractivity contribution in [1.82, 2.24) is 9.55 Å². The first-order valence-corrected chi connectivity index (χ1v) is 5.59. The molecule has 1 saturated heterocycles. The summed E-state index contributed by atoms with van der Waals surface area (Å²) in [6.07, 6.45) is 1.40. The summed E-state index contributed by atoms with van der Waals surface area (Å²) in [7, 11) is 0. The number of aliphatic hydroxyl groups is 2. The van der Waals surface area contributed by atoms with Gasteiger partial charge in [-0.05, 0) is 13.0 Å². The van der Waals surface area contributed by atoms with E-state index in [1.165, 1.54) is 12.3 Å². The van der Waals surface area contributed by atoms with Gasteiger partial charge in [-0.25, -0.2) is 9.18 Å². The maximum absolute atomic E-state index is 14.0. The lowest BCUT2D eigenvalue weighted by atomic mass is 9.98. The predicted octanol–water partition coefficient (Wildman–Crippen LogP) is -0.856. The van der Waals surface area contributed by atoms with Crippen molar-refractivity contribution in [2.45, 2.75) is 31.0 Å². The van der Waals surface area contributed by atoms with Gasteiger partial charge in [0.2, 0.25) is 0 Å². The van der Waals surface area contributed by atoms with Gasteiger partial charge in [0.25, 0.3) is 0 Å². The molecule has 0 aliphatic carbocycles. The zero-order valence-electron chi connectivity index (χ0n) is 10.2. The molecule has 2 heterocycles. The molecule has 0 saturated carbocycles. The third kappa shape index (κ3) is 2.04. The third-order valence-corrected chi connectivity index (χ3v) is 3.11. The molecule has 2 rings (SSSR count). The molecule has 102 valence electrons. The second-order valence-electron chi connectivity index (χ2n) is 4.35. The standard InChI is InChI=1S/C12H13FN2O4/c1-3-12(6-16)9(17)8(13)10(19-12)15-5-4-7(2)14-11(15)18/h1,4-5,8-10,16-17H,6H2,2H3. The van der Waals surface area contributed by atoms with Crippen molar-refractivity contribution < 1.29 is 19.3 Å². The summed E-state index contributed by atoms with van der Waals surface area (Å²) >= 11 is 0. The number of alkyl halides is 1. The van der Waals surface area contributed by atoms with Crippen LogP contribution in [0.2, 0.25) is 0 Å². The number of hydrogen-bond donors (Lipinski definition) is 2. The topological polar surface area (TPSA) is 84.6 Å². The molecule has 0 amide bonds. The van der Waals surface area contributed by atoms with Gasteiger partial charge in [-0.3, -0.25) is 4.57 Å². The lowest BCUT2D eigenvalue weighted by Crippen LogP contribution is -2.44. The first kappa shape index (κ1) is 13.7. The predicted molar refractivity (Wildman–Crippen MR) is 62.9 cm³/mol. The average Bonchev–Trinajstić information content (AvgIpc) is 2.64. The van der Waals surface area contributed by atoms with Gasteiger partial charge >= 0.3 is 5.69 Å². The first-order valence-electron chi connectivity index (χ1n) is 5.59. The van der Waals surface area contributed by atoms with E-state index in [0.717, 1.165) is 4.57 Å². The van der Waals surface area contributed by atoms with Gasteiger partial charge in [-0.1, -0.05) is 5.92 Å². The largest absolute Gasteiger partial charge is 0.392 e. The summed E-state index contributed by atoms with van der Waals surface area (Å²) < 4.78 is 20.1. The molecular formula is C12H13FN2O4. The minimum Gasteiger partial charge on any atom is -0.392 e. The first-order chi connectivity index (χ1) is 8.95. The molecule has 0 spiro atoms. The summed E-state index contributed by atoms with van der Waals surface area (Å²) in [4.78, 5) is 15.3. The van der Waals surface area contributed by atoms with Crippen LogP contribution in [0.1, 0.15) is 11.9 Å². The van der Waals surface area contributed by atoms with Crippen molar-refractivity contribution in [2.24, 2.45) is 0 Å². The van der Waals surface area contributed by atoms with Crippen LogP contribution >= 0.6 is 0 Å². The number of hydrogen-bond acceptors (Lipinski definition) is 5. The van der Waals surface area contributed by atoms with Gasteiger partial charge in [0, 0.05) is 11.9 Å². The van der Waals surface area contributed by atoms with Crippen molar-refractivity contribution in [1.29, 1.82) is 0 Å². The molecule has 0 radical (unpaired) electrons. The molecule has 2 N–H and O–H groups in total. The third-order valence-electron chi connectivity index (χ3n) is 3.11. The smallest absolute Gasteiger partial charge is 0.349 e. The van der Waals surface area contributed by atoms with Crippen molar-refractivity contribution in [3.8, 4) is 12.3 Å². The molecule has 4 atom stereocenters. The van der Waals surface area contributed by atoms with Gasteiger partial charge < -0.3 is 14.9 Å². The Bertz CT molecular complexity index is 582. The van der Waals surface area contributed by atoms with Crippen LogP contribution in [0, 0.1) is 19.3 Å². The molecule has 1 aromatic rings. The van der Waals surface area contributed by atoms with Gasteiger partial charge in [0.1, 0.15) is 6.10 Å². The number of halogens is 1. The maximum atomic E-state index is 14.0. The van der Waals surface area contributed by atoms with E-state index in [1.54, 1.807) is 6.92 Å². The molecule has 1 fully saturated rings. The summed E-state index contributed by atoms with van der Waals surface area (Å²) in [6.45, 7) is 0.859. The number of aryl methyl sites for hydroxylation is 1. The van der Waals surface area contributed by atoms with Gasteiger partial charge in [-0.15, -0.1) is 6.42 Å². The Kier molecular flexibility index (Phi) is 3.41. The SMILES string of the molecule is C#CC1(CO)OC(n2ccc(C)nc2=O)C(F)C1O. The molecule has 1 aliphatic rings. The van der Waals surface area contributed by atoms with Crippen LogP contribution in [0.3, 0.4) is 0 Å². The molecule has 7 heteroatoms. The van der Waals surface area contributed by atoms with Crippen LogP contribution < -0.4 is 5.69 Å². The Balaban J connectivity index is 2.43. The Labute approximate surface area is 108 Å². The number of terminal acetylenes is 1. The average molecular weight is 268 g/mol. The fraction of sp³-hybridized carbons (Fsp3) is 0.500. The molecule has 1 aromatic heterocycles. The summed E-state index contributed by atoms with van der Waals surface area (Å²) in [5.41, 5.74) is -2.10. The maximum Gasteiger partial charge on any atom is 0.349 e. The van der Waals surface area contributed by atoms with Crippen LogP contribution in [0.4, 0.5) is 4.39 Å². The van der Waals surface area contributed by atoms with Crippen molar-refractivity contribution >= 4 is 0 Å². The molecular weight excluding hydrogens is 255 g/mol. The second-order valence-corrected chi connectivity index (χ2v) is 4.35. The number of aromatic nitrogens is 2. The zero-order valence-corrected chi connectivity index (χ0v) is 10.2. The lowest BCUT2D eigenvalue weighted by molar-refractivity contribution is -0.0922. The van der Waals surface area contributed by atoms with E-state index >= 15 is 0 Å². The van der Waals surface area contributed by atoms with E-state index in [2.05, 4.69) is 4.98 Å². The van der Waals surface area contributed by atoms with Crippen molar-refractivity contribution in [3.63, 3.8) is 0 Å². The monoisotopic (exact) mass is 268 g/mol. The fourth-order valence-corrected chi connectivity index (χ4v) is 1.96. The number of ether oxygens (including phenoxy) is 1. The highest BCUT2D eigenvalue weighted by Gasteiger charge is 2.55. The Hall–Kier alpha value is -1.75. The number of aliphatic hydroxyl groups excluding tert-OH is 2. The fourth-order valence-electron chi connectivity index (χ4n) is 1.96. The van der Waals surface area contributed by atoms with Gasteiger partial charge in [-0.2, -0.15) is 4.98 Å². The molecule has 4 unspecified atom stereocenters. The molecule has 0 aromatic carbocycles. The Morgan fingerprint density at radius 3 is 2.89 bits per heavy atom. The van der Waals surface area contributed by atoms with Crippen LogP contribution in [0.5, 0.6) is 0 Å². The molecule has 6 nitrogen and oxygen atoms in total. The van der Waals surface area contributed by atoms with Crippen molar-refractivity contribution in [2.75, 3.05) is 6.61 Å². The summed E-state index contributed by atoms with van der Waals surface area (Å²) in [5, 5.41) is 18.9.